The lowest BCUT2D eigenvalue weighted by molar-refractivity contribution is -0.127. The first-order valence-electron chi connectivity index (χ1n) is 11.6. The molecule has 0 bridgehead atoms. The lowest BCUT2D eigenvalue weighted by Gasteiger charge is -2.33. The summed E-state index contributed by atoms with van der Waals surface area (Å²) >= 11 is 1.45. The van der Waals surface area contributed by atoms with Crippen molar-refractivity contribution in [3.8, 4) is 11.5 Å². The zero-order valence-corrected chi connectivity index (χ0v) is 20.6. The van der Waals surface area contributed by atoms with Crippen LogP contribution in [0.2, 0.25) is 0 Å². The summed E-state index contributed by atoms with van der Waals surface area (Å²) in [7, 11) is 3.01. The Morgan fingerprint density at radius 1 is 1.09 bits per heavy atom. The fraction of sp³-hybridized carbons (Fsp3) is 0.333. The molecule has 35 heavy (non-hydrogen) atoms. The van der Waals surface area contributed by atoms with Gasteiger partial charge in [0.05, 0.1) is 26.3 Å². The molecule has 2 amide bonds. The molecule has 1 saturated carbocycles. The number of carbonyl (C=O) groups excluding carboxylic acids is 2. The molecule has 0 aliphatic heterocycles. The molecule has 184 valence electrons. The van der Waals surface area contributed by atoms with Crippen LogP contribution < -0.4 is 19.7 Å². The summed E-state index contributed by atoms with van der Waals surface area (Å²) in [5.74, 6) is -0.478. The lowest BCUT2D eigenvalue weighted by Crippen LogP contribution is -2.47. The minimum atomic E-state index is -1.23. The number of nitrogens with zero attached hydrogens (tertiary/aromatic N) is 1. The standard InChI is InChI=1S/C27H29FN2O4S/c1-33-19-13-14-24(34-2)23(16-19)30(25(31)17-20-10-7-15-35-20)26(21-11-5-6-12-22(21)28)27(32)29-18-8-3-4-9-18/h5-7,10-16,18,26H,3-4,8-9,17H2,1-2H3,(H,29,32)/t26-/m1/s1. The van der Waals surface area contributed by atoms with E-state index in [1.54, 1.807) is 36.4 Å². The van der Waals surface area contributed by atoms with Crippen LogP contribution in [0.1, 0.15) is 42.2 Å². The maximum Gasteiger partial charge on any atom is 0.248 e. The first-order chi connectivity index (χ1) is 17.0. The summed E-state index contributed by atoms with van der Waals surface area (Å²) in [6.07, 6.45) is 3.84. The molecule has 0 unspecified atom stereocenters. The summed E-state index contributed by atoms with van der Waals surface area (Å²) in [5.41, 5.74) is 0.454. The number of amides is 2. The fourth-order valence-electron chi connectivity index (χ4n) is 4.49. The van der Waals surface area contributed by atoms with E-state index in [0.29, 0.717) is 17.2 Å². The highest BCUT2D eigenvalue weighted by Gasteiger charge is 2.37. The summed E-state index contributed by atoms with van der Waals surface area (Å²) in [6, 6.07) is 13.6. The van der Waals surface area contributed by atoms with E-state index in [-0.39, 0.29) is 23.9 Å². The van der Waals surface area contributed by atoms with Crippen LogP contribution in [0, 0.1) is 5.82 Å². The smallest absolute Gasteiger partial charge is 0.248 e. The second-order valence-electron chi connectivity index (χ2n) is 8.47. The van der Waals surface area contributed by atoms with Crippen molar-refractivity contribution in [2.45, 2.75) is 44.2 Å². The third-order valence-electron chi connectivity index (χ3n) is 6.23. The van der Waals surface area contributed by atoms with Gasteiger partial charge >= 0.3 is 0 Å². The number of rotatable bonds is 9. The molecule has 8 heteroatoms. The number of ether oxygens (including phenoxy) is 2. The van der Waals surface area contributed by atoms with Crippen molar-refractivity contribution in [2.24, 2.45) is 0 Å². The number of anilines is 1. The number of nitrogens with one attached hydrogen (secondary N) is 1. The van der Waals surface area contributed by atoms with Crippen LogP contribution in [-0.2, 0) is 16.0 Å². The Morgan fingerprint density at radius 3 is 2.51 bits per heavy atom. The van der Waals surface area contributed by atoms with Crippen molar-refractivity contribution >= 4 is 28.8 Å². The first-order valence-corrected chi connectivity index (χ1v) is 12.5. The Hall–Kier alpha value is -3.39. The Morgan fingerprint density at radius 2 is 1.86 bits per heavy atom. The van der Waals surface area contributed by atoms with Crippen molar-refractivity contribution in [3.05, 3.63) is 76.2 Å². The normalized spacial score (nSPS) is 14.4. The highest BCUT2D eigenvalue weighted by atomic mass is 32.1. The fourth-order valence-corrected chi connectivity index (χ4v) is 5.19. The van der Waals surface area contributed by atoms with E-state index in [0.717, 1.165) is 30.6 Å². The predicted molar refractivity (Wildman–Crippen MR) is 135 cm³/mol. The van der Waals surface area contributed by atoms with E-state index in [4.69, 9.17) is 9.47 Å². The van der Waals surface area contributed by atoms with E-state index in [1.807, 2.05) is 17.5 Å². The summed E-state index contributed by atoms with van der Waals surface area (Å²) in [5, 5.41) is 4.95. The van der Waals surface area contributed by atoms with Crippen molar-refractivity contribution in [1.29, 1.82) is 0 Å². The maximum atomic E-state index is 15.2. The largest absolute Gasteiger partial charge is 0.497 e. The number of thiophene rings is 1. The third kappa shape index (κ3) is 5.65. The van der Waals surface area contributed by atoms with Gasteiger partial charge < -0.3 is 14.8 Å². The third-order valence-corrected chi connectivity index (χ3v) is 7.10. The minimum Gasteiger partial charge on any atom is -0.497 e. The SMILES string of the molecule is COc1ccc(OC)c(N(C(=O)Cc2cccs2)[C@@H](C(=O)NC2CCCC2)c2ccccc2F)c1. The molecule has 6 nitrogen and oxygen atoms in total. The monoisotopic (exact) mass is 496 g/mol. The van der Waals surface area contributed by atoms with Crippen LogP contribution >= 0.6 is 11.3 Å². The van der Waals surface area contributed by atoms with Gasteiger partial charge in [0.2, 0.25) is 11.8 Å². The van der Waals surface area contributed by atoms with Gasteiger partial charge in [-0.1, -0.05) is 37.1 Å². The highest BCUT2D eigenvalue weighted by Crippen LogP contribution is 2.39. The first kappa shape index (κ1) is 24.7. The van der Waals surface area contributed by atoms with Gasteiger partial charge in [0.25, 0.3) is 0 Å². The molecule has 2 aromatic carbocycles. The van der Waals surface area contributed by atoms with Crippen LogP contribution in [0.3, 0.4) is 0 Å². The number of hydrogen-bond donors (Lipinski definition) is 1. The van der Waals surface area contributed by atoms with Gasteiger partial charge in [-0.2, -0.15) is 0 Å². The summed E-state index contributed by atoms with van der Waals surface area (Å²) < 4.78 is 26.2. The molecule has 0 radical (unpaired) electrons. The molecule has 0 saturated heterocycles. The van der Waals surface area contributed by atoms with Crippen LogP contribution in [0.15, 0.2) is 60.0 Å². The molecule has 4 rings (SSSR count). The van der Waals surface area contributed by atoms with Crippen LogP contribution in [0.25, 0.3) is 0 Å². The Balaban J connectivity index is 1.86. The zero-order chi connectivity index (χ0) is 24.8. The van der Waals surface area contributed by atoms with Gasteiger partial charge in [-0.05, 0) is 42.5 Å². The van der Waals surface area contributed by atoms with Crippen molar-refractivity contribution in [2.75, 3.05) is 19.1 Å². The minimum absolute atomic E-state index is 0.00164. The quantitative estimate of drug-likeness (QED) is 0.438. The van der Waals surface area contributed by atoms with Gasteiger partial charge in [0, 0.05) is 22.5 Å². The van der Waals surface area contributed by atoms with E-state index >= 15 is 4.39 Å². The highest BCUT2D eigenvalue weighted by molar-refractivity contribution is 7.10. The van der Waals surface area contributed by atoms with Gasteiger partial charge in [-0.15, -0.1) is 11.3 Å². The average molecular weight is 497 g/mol. The summed E-state index contributed by atoms with van der Waals surface area (Å²) in [4.78, 5) is 29.9. The van der Waals surface area contributed by atoms with E-state index in [9.17, 15) is 9.59 Å². The number of halogens is 1. The summed E-state index contributed by atoms with van der Waals surface area (Å²) in [6.45, 7) is 0. The second kappa shape index (κ2) is 11.4. The van der Waals surface area contributed by atoms with Gasteiger partial charge in [-0.3, -0.25) is 14.5 Å². The average Bonchev–Trinajstić information content (AvgIpc) is 3.57. The molecule has 1 heterocycles. The number of methoxy groups -OCH3 is 2. The van der Waals surface area contributed by atoms with E-state index in [1.165, 1.54) is 36.5 Å². The van der Waals surface area contributed by atoms with E-state index in [2.05, 4.69) is 5.32 Å². The van der Waals surface area contributed by atoms with Gasteiger partial charge in [-0.25, -0.2) is 4.39 Å². The number of carbonyl (C=O) groups is 2. The zero-order valence-electron chi connectivity index (χ0n) is 19.8. The molecular weight excluding hydrogens is 467 g/mol. The molecule has 1 fully saturated rings. The molecule has 1 atom stereocenters. The Bertz CT molecular complexity index is 1160. The Labute approximate surface area is 208 Å². The molecule has 1 aromatic heterocycles. The molecule has 1 aliphatic rings. The molecule has 1 aliphatic carbocycles. The van der Waals surface area contributed by atoms with Gasteiger partial charge in [0.15, 0.2) is 0 Å². The van der Waals surface area contributed by atoms with E-state index < -0.39 is 17.8 Å². The van der Waals surface area contributed by atoms with Crippen LogP contribution in [-0.4, -0.2) is 32.1 Å². The number of hydrogen-bond acceptors (Lipinski definition) is 5. The van der Waals surface area contributed by atoms with Crippen LogP contribution in [0.5, 0.6) is 11.5 Å². The molecule has 3 aromatic rings. The van der Waals surface area contributed by atoms with Crippen molar-refractivity contribution < 1.29 is 23.5 Å². The molecule has 1 N–H and O–H groups in total. The topological polar surface area (TPSA) is 67.9 Å². The molecular formula is C27H29FN2O4S. The molecule has 0 spiro atoms. The Kier molecular flexibility index (Phi) is 8.02. The van der Waals surface area contributed by atoms with Crippen molar-refractivity contribution in [3.63, 3.8) is 0 Å². The second-order valence-corrected chi connectivity index (χ2v) is 9.50. The lowest BCUT2D eigenvalue weighted by atomic mass is 10.0. The predicted octanol–water partition coefficient (Wildman–Crippen LogP) is 5.28. The van der Waals surface area contributed by atoms with Gasteiger partial charge in [0.1, 0.15) is 23.4 Å². The van der Waals surface area contributed by atoms with Crippen molar-refractivity contribution in [1.82, 2.24) is 5.32 Å². The maximum absolute atomic E-state index is 15.2. The number of benzene rings is 2. The van der Waals surface area contributed by atoms with Crippen LogP contribution in [0.4, 0.5) is 10.1 Å².